The van der Waals surface area contributed by atoms with Crippen molar-refractivity contribution in [3.63, 3.8) is 0 Å². The molecular formula is C13H16N4O3. The van der Waals surface area contributed by atoms with Gasteiger partial charge < -0.3 is 10.4 Å². The molecule has 2 aromatic rings. The van der Waals surface area contributed by atoms with Crippen LogP contribution >= 0.6 is 0 Å². The molecule has 1 unspecified atom stereocenters. The summed E-state index contributed by atoms with van der Waals surface area (Å²) in [4.78, 5) is 23.7. The molecule has 20 heavy (non-hydrogen) atoms. The second kappa shape index (κ2) is 5.09. The van der Waals surface area contributed by atoms with Crippen molar-refractivity contribution in [2.75, 3.05) is 6.54 Å². The first-order valence-corrected chi connectivity index (χ1v) is 6.64. The van der Waals surface area contributed by atoms with Crippen LogP contribution in [-0.2, 0) is 11.3 Å². The smallest absolute Gasteiger partial charge is 0.350 e. The van der Waals surface area contributed by atoms with Crippen LogP contribution in [0, 0.1) is 5.92 Å². The Bertz CT molecular complexity index is 686. The summed E-state index contributed by atoms with van der Waals surface area (Å²) in [6, 6.07) is 5.21. The van der Waals surface area contributed by atoms with E-state index >= 15 is 0 Å². The second-order valence-corrected chi connectivity index (χ2v) is 5.08. The van der Waals surface area contributed by atoms with Crippen LogP contribution in [-0.4, -0.2) is 37.8 Å². The lowest BCUT2D eigenvalue weighted by Crippen LogP contribution is -2.37. The minimum atomic E-state index is -0.489. The van der Waals surface area contributed by atoms with Gasteiger partial charge in [0.25, 0.3) is 0 Å². The molecule has 0 saturated heterocycles. The average molecular weight is 276 g/mol. The molecule has 0 spiro atoms. The van der Waals surface area contributed by atoms with Gasteiger partial charge in [0.1, 0.15) is 6.54 Å². The highest BCUT2D eigenvalue weighted by atomic mass is 16.3. The van der Waals surface area contributed by atoms with Gasteiger partial charge in [-0.25, -0.2) is 9.48 Å². The van der Waals surface area contributed by atoms with E-state index in [4.69, 9.17) is 0 Å². The number of rotatable bonds is 5. The Morgan fingerprint density at radius 3 is 3.00 bits per heavy atom. The molecule has 1 atom stereocenters. The zero-order chi connectivity index (χ0) is 14.1. The van der Waals surface area contributed by atoms with Crippen LogP contribution in [0.25, 0.3) is 5.65 Å². The van der Waals surface area contributed by atoms with Gasteiger partial charge in [-0.15, -0.1) is 5.10 Å². The standard InChI is InChI=1S/C13H16N4O3/c18-10(9-4-5-9)7-14-12(19)8-17-13(20)16-6-2-1-3-11(16)15-17/h1-3,6,9-10,18H,4-5,7-8H2,(H,14,19). The van der Waals surface area contributed by atoms with Gasteiger partial charge in [-0.1, -0.05) is 6.07 Å². The van der Waals surface area contributed by atoms with Crippen LogP contribution in [0.3, 0.4) is 0 Å². The van der Waals surface area contributed by atoms with Crippen molar-refractivity contribution in [2.24, 2.45) is 5.92 Å². The van der Waals surface area contributed by atoms with Gasteiger partial charge in [0.05, 0.1) is 6.10 Å². The summed E-state index contributed by atoms with van der Waals surface area (Å²) < 4.78 is 2.50. The largest absolute Gasteiger partial charge is 0.391 e. The Morgan fingerprint density at radius 1 is 1.50 bits per heavy atom. The molecule has 106 valence electrons. The fraction of sp³-hybridized carbons (Fsp3) is 0.462. The first-order valence-electron chi connectivity index (χ1n) is 6.64. The van der Waals surface area contributed by atoms with Crippen molar-refractivity contribution in [3.8, 4) is 0 Å². The maximum Gasteiger partial charge on any atom is 0.350 e. The van der Waals surface area contributed by atoms with Gasteiger partial charge in [-0.05, 0) is 30.9 Å². The topological polar surface area (TPSA) is 88.6 Å². The Balaban J connectivity index is 1.64. The number of hydrogen-bond acceptors (Lipinski definition) is 4. The van der Waals surface area contributed by atoms with E-state index in [-0.39, 0.29) is 24.7 Å². The lowest BCUT2D eigenvalue weighted by molar-refractivity contribution is -0.122. The van der Waals surface area contributed by atoms with Crippen LogP contribution < -0.4 is 11.0 Å². The third kappa shape index (κ3) is 2.57. The monoisotopic (exact) mass is 276 g/mol. The summed E-state index contributed by atoms with van der Waals surface area (Å²) in [5, 5.41) is 16.4. The minimum Gasteiger partial charge on any atom is -0.391 e. The fourth-order valence-electron chi connectivity index (χ4n) is 2.13. The number of aliphatic hydroxyl groups excluding tert-OH is 1. The van der Waals surface area contributed by atoms with E-state index < -0.39 is 6.10 Å². The number of pyridine rings is 1. The summed E-state index contributed by atoms with van der Waals surface area (Å²) >= 11 is 0. The molecule has 0 aliphatic heterocycles. The molecular weight excluding hydrogens is 260 g/mol. The maximum absolute atomic E-state index is 12.0. The van der Waals surface area contributed by atoms with Gasteiger partial charge in [0.2, 0.25) is 5.91 Å². The maximum atomic E-state index is 12.0. The first-order chi connectivity index (χ1) is 9.65. The Labute approximate surface area is 114 Å². The molecule has 3 rings (SSSR count). The van der Waals surface area contributed by atoms with Crippen LogP contribution in [0.4, 0.5) is 0 Å². The number of amides is 1. The molecule has 1 fully saturated rings. The number of fused-ring (bicyclic) bond motifs is 1. The number of aliphatic hydroxyl groups is 1. The molecule has 1 aliphatic carbocycles. The Hall–Kier alpha value is -2.15. The number of nitrogens with one attached hydrogen (secondary N) is 1. The van der Waals surface area contributed by atoms with Crippen molar-refractivity contribution in [3.05, 3.63) is 34.9 Å². The highest BCUT2D eigenvalue weighted by molar-refractivity contribution is 5.75. The molecule has 2 N–H and O–H groups in total. The Morgan fingerprint density at radius 2 is 2.30 bits per heavy atom. The highest BCUT2D eigenvalue weighted by Gasteiger charge is 2.29. The molecule has 1 saturated carbocycles. The highest BCUT2D eigenvalue weighted by Crippen LogP contribution is 2.32. The van der Waals surface area contributed by atoms with E-state index in [1.54, 1.807) is 24.4 Å². The van der Waals surface area contributed by atoms with Crippen molar-refractivity contribution in [2.45, 2.75) is 25.5 Å². The molecule has 7 heteroatoms. The lowest BCUT2D eigenvalue weighted by atomic mass is 10.2. The van der Waals surface area contributed by atoms with Crippen LogP contribution in [0.2, 0.25) is 0 Å². The van der Waals surface area contributed by atoms with E-state index in [0.29, 0.717) is 11.6 Å². The third-order valence-electron chi connectivity index (χ3n) is 3.46. The van der Waals surface area contributed by atoms with Crippen molar-refractivity contribution in [1.29, 1.82) is 0 Å². The first kappa shape index (κ1) is 12.9. The molecule has 2 aromatic heterocycles. The molecule has 7 nitrogen and oxygen atoms in total. The molecule has 1 aliphatic rings. The molecule has 1 amide bonds. The molecule has 2 heterocycles. The van der Waals surface area contributed by atoms with Crippen LogP contribution in [0.1, 0.15) is 12.8 Å². The second-order valence-electron chi connectivity index (χ2n) is 5.08. The van der Waals surface area contributed by atoms with E-state index in [2.05, 4.69) is 10.4 Å². The van der Waals surface area contributed by atoms with Gasteiger partial charge in [0.15, 0.2) is 5.65 Å². The quantitative estimate of drug-likeness (QED) is 0.762. The normalized spacial score (nSPS) is 16.2. The summed E-state index contributed by atoms with van der Waals surface area (Å²) in [5.41, 5.74) is 0.154. The van der Waals surface area contributed by atoms with E-state index in [0.717, 1.165) is 17.5 Å². The Kier molecular flexibility index (Phi) is 3.27. The van der Waals surface area contributed by atoms with E-state index in [1.165, 1.54) is 4.40 Å². The third-order valence-corrected chi connectivity index (χ3v) is 3.46. The van der Waals surface area contributed by atoms with Crippen LogP contribution in [0.5, 0.6) is 0 Å². The number of carbonyl (C=O) groups is 1. The molecule has 0 radical (unpaired) electrons. The van der Waals surface area contributed by atoms with E-state index in [9.17, 15) is 14.7 Å². The predicted molar refractivity (Wildman–Crippen MR) is 71.2 cm³/mol. The van der Waals surface area contributed by atoms with Gasteiger partial charge in [0, 0.05) is 12.7 Å². The zero-order valence-corrected chi connectivity index (χ0v) is 10.9. The van der Waals surface area contributed by atoms with Crippen LogP contribution in [0.15, 0.2) is 29.2 Å². The van der Waals surface area contributed by atoms with Gasteiger partial charge >= 0.3 is 5.69 Å². The van der Waals surface area contributed by atoms with Crippen molar-refractivity contribution < 1.29 is 9.90 Å². The molecule has 0 bridgehead atoms. The van der Waals surface area contributed by atoms with E-state index in [1.807, 2.05) is 0 Å². The SMILES string of the molecule is O=C(Cn1nc2ccccn2c1=O)NCC(O)C1CC1. The number of hydrogen-bond donors (Lipinski definition) is 2. The van der Waals surface area contributed by atoms with Crippen molar-refractivity contribution >= 4 is 11.6 Å². The zero-order valence-electron chi connectivity index (χ0n) is 10.9. The fourth-order valence-corrected chi connectivity index (χ4v) is 2.13. The average Bonchev–Trinajstić information content (AvgIpc) is 3.24. The predicted octanol–water partition coefficient (Wildman–Crippen LogP) is -0.617. The minimum absolute atomic E-state index is 0.141. The number of aromatic nitrogens is 3. The summed E-state index contributed by atoms with van der Waals surface area (Å²) in [5.74, 6) is -0.0107. The van der Waals surface area contributed by atoms with Crippen molar-refractivity contribution in [1.82, 2.24) is 19.5 Å². The number of carbonyl (C=O) groups excluding carboxylic acids is 1. The summed E-state index contributed by atoms with van der Waals surface area (Å²) in [6.07, 6.45) is 3.15. The van der Waals surface area contributed by atoms with Gasteiger partial charge in [-0.2, -0.15) is 0 Å². The number of nitrogens with zero attached hydrogens (tertiary/aromatic N) is 3. The van der Waals surface area contributed by atoms with Gasteiger partial charge in [-0.3, -0.25) is 9.20 Å². The lowest BCUT2D eigenvalue weighted by Gasteiger charge is -2.10. The summed E-state index contributed by atoms with van der Waals surface area (Å²) in [7, 11) is 0. The summed E-state index contributed by atoms with van der Waals surface area (Å²) in [6.45, 7) is 0.0868. The molecule has 0 aromatic carbocycles.